The van der Waals surface area contributed by atoms with Crippen molar-refractivity contribution in [2.75, 3.05) is 20.3 Å². The summed E-state index contributed by atoms with van der Waals surface area (Å²) >= 11 is 0. The van der Waals surface area contributed by atoms with E-state index >= 15 is 0 Å². The van der Waals surface area contributed by atoms with Crippen molar-refractivity contribution in [3.63, 3.8) is 0 Å². The Morgan fingerprint density at radius 2 is 1.94 bits per heavy atom. The van der Waals surface area contributed by atoms with E-state index in [0.29, 0.717) is 5.56 Å². The van der Waals surface area contributed by atoms with E-state index in [-0.39, 0.29) is 18.1 Å². The van der Waals surface area contributed by atoms with Gasteiger partial charge in [0.2, 0.25) is 0 Å². The molecule has 1 N–H and O–H groups in total. The van der Waals surface area contributed by atoms with E-state index in [2.05, 4.69) is 54.9 Å². The van der Waals surface area contributed by atoms with Crippen molar-refractivity contribution >= 4 is 16.9 Å². The van der Waals surface area contributed by atoms with Gasteiger partial charge in [-0.1, -0.05) is 18.2 Å². The number of aromatic nitrogens is 1. The zero-order chi connectivity index (χ0) is 22.0. The topological polar surface area (TPSA) is 54.6 Å². The summed E-state index contributed by atoms with van der Waals surface area (Å²) < 4.78 is 10.9. The van der Waals surface area contributed by atoms with Crippen LogP contribution in [0.4, 0.5) is 0 Å². The molecule has 164 valence electrons. The smallest absolute Gasteiger partial charge is 0.337 e. The number of carbonyl (C=O) groups excluding carboxylic acids is 1. The van der Waals surface area contributed by atoms with Crippen LogP contribution < -0.4 is 0 Å². The van der Waals surface area contributed by atoms with E-state index in [1.54, 1.807) is 0 Å². The number of aryl methyl sites for hydroxylation is 2. The van der Waals surface area contributed by atoms with Crippen LogP contribution in [0.1, 0.15) is 58.4 Å². The van der Waals surface area contributed by atoms with Crippen molar-refractivity contribution in [2.45, 2.75) is 52.3 Å². The molecule has 0 saturated carbocycles. The SMILES string of the molecule is CCOC1CCN(Cc2c(C)cc(C)c3[nH]ccc23)C(c2ccc(C(=O)OC)cc2)C1. The molecule has 3 aromatic rings. The summed E-state index contributed by atoms with van der Waals surface area (Å²) in [6.07, 6.45) is 4.28. The Morgan fingerprint density at radius 3 is 2.65 bits per heavy atom. The number of carbonyl (C=O) groups is 1. The fourth-order valence-electron chi connectivity index (χ4n) is 4.92. The molecule has 0 spiro atoms. The van der Waals surface area contributed by atoms with Crippen molar-refractivity contribution in [1.29, 1.82) is 0 Å². The van der Waals surface area contributed by atoms with Gasteiger partial charge in [0, 0.05) is 42.8 Å². The molecule has 5 heteroatoms. The first-order valence-electron chi connectivity index (χ1n) is 11.1. The normalized spacial score (nSPS) is 19.6. The van der Waals surface area contributed by atoms with Gasteiger partial charge in [-0.05, 0) is 74.1 Å². The van der Waals surface area contributed by atoms with Crippen molar-refractivity contribution in [3.8, 4) is 0 Å². The lowest BCUT2D eigenvalue weighted by Gasteiger charge is -2.40. The molecule has 0 bridgehead atoms. The average Bonchev–Trinajstić information content (AvgIpc) is 3.27. The molecule has 1 aliphatic heterocycles. The second kappa shape index (κ2) is 9.25. The molecule has 1 fully saturated rings. The molecule has 2 heterocycles. The van der Waals surface area contributed by atoms with Gasteiger partial charge in [-0.2, -0.15) is 0 Å². The fraction of sp³-hybridized carbons (Fsp3) is 0.423. The Morgan fingerprint density at radius 1 is 1.16 bits per heavy atom. The number of ether oxygens (including phenoxy) is 2. The molecular weight excluding hydrogens is 388 g/mol. The van der Waals surface area contributed by atoms with Gasteiger partial charge < -0.3 is 14.5 Å². The third-order valence-electron chi connectivity index (χ3n) is 6.52. The van der Waals surface area contributed by atoms with Gasteiger partial charge in [0.15, 0.2) is 0 Å². The predicted molar refractivity (Wildman–Crippen MR) is 123 cm³/mol. The van der Waals surface area contributed by atoms with Crippen LogP contribution in [0, 0.1) is 13.8 Å². The molecule has 1 saturated heterocycles. The molecular formula is C26H32N2O3. The van der Waals surface area contributed by atoms with Gasteiger partial charge in [-0.25, -0.2) is 4.79 Å². The lowest BCUT2D eigenvalue weighted by Crippen LogP contribution is -2.39. The Labute approximate surface area is 184 Å². The molecule has 31 heavy (non-hydrogen) atoms. The number of methoxy groups -OCH3 is 1. The Kier molecular flexibility index (Phi) is 6.44. The quantitative estimate of drug-likeness (QED) is 0.549. The van der Waals surface area contributed by atoms with Crippen molar-refractivity contribution in [3.05, 3.63) is 70.4 Å². The number of piperidine rings is 1. The summed E-state index contributed by atoms with van der Waals surface area (Å²) in [7, 11) is 1.41. The molecule has 2 unspecified atom stereocenters. The van der Waals surface area contributed by atoms with Gasteiger partial charge in [0.25, 0.3) is 0 Å². The summed E-state index contributed by atoms with van der Waals surface area (Å²) in [5.74, 6) is -0.302. The van der Waals surface area contributed by atoms with Crippen LogP contribution in [0.25, 0.3) is 10.9 Å². The summed E-state index contributed by atoms with van der Waals surface area (Å²) in [6, 6.07) is 12.6. The minimum absolute atomic E-state index is 0.242. The van der Waals surface area contributed by atoms with E-state index in [0.717, 1.165) is 32.5 Å². The van der Waals surface area contributed by atoms with Gasteiger partial charge in [-0.3, -0.25) is 4.90 Å². The summed E-state index contributed by atoms with van der Waals surface area (Å²) in [5.41, 5.74) is 7.02. The van der Waals surface area contributed by atoms with Crippen LogP contribution in [0.5, 0.6) is 0 Å². The second-order valence-electron chi connectivity index (χ2n) is 8.46. The number of esters is 1. The summed E-state index contributed by atoms with van der Waals surface area (Å²) in [6.45, 7) is 9.04. The molecule has 0 amide bonds. The van der Waals surface area contributed by atoms with Crippen LogP contribution in [-0.2, 0) is 16.0 Å². The van der Waals surface area contributed by atoms with Crippen LogP contribution in [-0.4, -0.2) is 42.2 Å². The Balaban J connectivity index is 1.65. The minimum atomic E-state index is -0.302. The minimum Gasteiger partial charge on any atom is -0.465 e. The van der Waals surface area contributed by atoms with Crippen molar-refractivity contribution < 1.29 is 14.3 Å². The highest BCUT2D eigenvalue weighted by atomic mass is 16.5. The second-order valence-corrected chi connectivity index (χ2v) is 8.46. The number of hydrogen-bond acceptors (Lipinski definition) is 4. The Hall–Kier alpha value is -2.63. The first-order valence-corrected chi connectivity index (χ1v) is 11.1. The third-order valence-corrected chi connectivity index (χ3v) is 6.52. The van der Waals surface area contributed by atoms with Crippen molar-refractivity contribution in [1.82, 2.24) is 9.88 Å². The predicted octanol–water partition coefficient (Wildman–Crippen LogP) is 5.31. The van der Waals surface area contributed by atoms with E-state index < -0.39 is 0 Å². The molecule has 5 nitrogen and oxygen atoms in total. The third kappa shape index (κ3) is 4.39. The van der Waals surface area contributed by atoms with Gasteiger partial charge >= 0.3 is 5.97 Å². The summed E-state index contributed by atoms with van der Waals surface area (Å²) in [4.78, 5) is 17.8. The fourth-order valence-corrected chi connectivity index (χ4v) is 4.92. The van der Waals surface area contributed by atoms with Crippen molar-refractivity contribution in [2.24, 2.45) is 0 Å². The molecule has 2 atom stereocenters. The number of aromatic amines is 1. The number of H-pyrrole nitrogens is 1. The number of benzene rings is 2. The maximum Gasteiger partial charge on any atom is 0.337 e. The van der Waals surface area contributed by atoms with Crippen LogP contribution in [0.15, 0.2) is 42.6 Å². The summed E-state index contributed by atoms with van der Waals surface area (Å²) in [5, 5.41) is 1.31. The molecule has 2 aromatic carbocycles. The van der Waals surface area contributed by atoms with Gasteiger partial charge in [0.1, 0.15) is 0 Å². The number of rotatable bonds is 6. The Bertz CT molecular complexity index is 1050. The number of hydrogen-bond donors (Lipinski definition) is 1. The van der Waals surface area contributed by atoms with Gasteiger partial charge in [-0.15, -0.1) is 0 Å². The first-order chi connectivity index (χ1) is 15.0. The lowest BCUT2D eigenvalue weighted by atomic mass is 9.91. The average molecular weight is 421 g/mol. The van der Waals surface area contributed by atoms with Gasteiger partial charge in [0.05, 0.1) is 18.8 Å². The number of nitrogens with zero attached hydrogens (tertiary/aromatic N) is 1. The number of likely N-dealkylation sites (tertiary alicyclic amines) is 1. The van der Waals surface area contributed by atoms with Crippen LogP contribution in [0.3, 0.4) is 0 Å². The largest absolute Gasteiger partial charge is 0.465 e. The monoisotopic (exact) mass is 420 g/mol. The standard InChI is InChI=1S/C26H32N2O3/c1-5-31-21-11-13-28(16-23-17(2)14-18(3)25-22(23)10-12-27-25)24(15-21)19-6-8-20(9-7-19)26(29)30-4/h6-10,12,14,21,24,27H,5,11,13,15-16H2,1-4H3. The molecule has 1 aromatic heterocycles. The number of nitrogens with one attached hydrogen (secondary N) is 1. The zero-order valence-electron chi connectivity index (χ0n) is 18.9. The van der Waals surface area contributed by atoms with E-state index in [1.165, 1.54) is 40.3 Å². The van der Waals surface area contributed by atoms with E-state index in [1.807, 2.05) is 18.3 Å². The lowest BCUT2D eigenvalue weighted by molar-refractivity contribution is -0.0137. The van der Waals surface area contributed by atoms with E-state index in [4.69, 9.17) is 9.47 Å². The highest BCUT2D eigenvalue weighted by Gasteiger charge is 2.31. The highest BCUT2D eigenvalue weighted by Crippen LogP contribution is 2.36. The molecule has 4 rings (SSSR count). The maximum absolute atomic E-state index is 11.9. The molecule has 0 radical (unpaired) electrons. The highest BCUT2D eigenvalue weighted by molar-refractivity contribution is 5.89. The van der Waals surface area contributed by atoms with Crippen LogP contribution in [0.2, 0.25) is 0 Å². The number of fused-ring (bicyclic) bond motifs is 1. The maximum atomic E-state index is 11.9. The molecule has 1 aliphatic rings. The van der Waals surface area contributed by atoms with E-state index in [9.17, 15) is 4.79 Å². The first kappa shape index (κ1) is 21.6. The van der Waals surface area contributed by atoms with Crippen LogP contribution >= 0.6 is 0 Å². The zero-order valence-corrected chi connectivity index (χ0v) is 18.9. The molecule has 0 aliphatic carbocycles.